The van der Waals surface area contributed by atoms with Crippen LogP contribution in [0.25, 0.3) is 0 Å². The maximum atomic E-state index is 14.0. The number of carbonyl (C=O) groups excluding carboxylic acids is 5. The quantitative estimate of drug-likeness (QED) is 0.335. The predicted molar refractivity (Wildman–Crippen MR) is 144 cm³/mol. The highest BCUT2D eigenvalue weighted by Gasteiger charge is 2.62. The third kappa shape index (κ3) is 6.86. The third-order valence-electron chi connectivity index (χ3n) is 8.45. The van der Waals surface area contributed by atoms with Crippen molar-refractivity contribution < 1.29 is 24.0 Å². The molecule has 0 radical (unpaired) electrons. The van der Waals surface area contributed by atoms with Crippen molar-refractivity contribution in [1.29, 1.82) is 0 Å². The molecular formula is C28H47N5O5. The molecule has 3 aliphatic rings. The second-order valence-electron chi connectivity index (χ2n) is 13.8. The SMILES string of the molecule is CC[C@H]1CC12C[C@@H](C(=O)NC(CC1CCC1)C(=O)C(N)=O)N(C(=O)[C@@H](NC(=O)NC(C)(C)C)C(C)(C)C)C2. The van der Waals surface area contributed by atoms with Crippen LogP contribution in [0.4, 0.5) is 4.79 Å². The van der Waals surface area contributed by atoms with E-state index in [0.29, 0.717) is 25.3 Å². The molecule has 0 bridgehead atoms. The van der Waals surface area contributed by atoms with Crippen molar-refractivity contribution in [3.8, 4) is 0 Å². The van der Waals surface area contributed by atoms with Gasteiger partial charge in [0.05, 0.1) is 6.04 Å². The topological polar surface area (TPSA) is 151 Å². The fourth-order valence-corrected chi connectivity index (χ4v) is 5.98. The summed E-state index contributed by atoms with van der Waals surface area (Å²) in [4.78, 5) is 66.3. The van der Waals surface area contributed by atoms with E-state index in [9.17, 15) is 24.0 Å². The largest absolute Gasteiger partial charge is 0.363 e. The molecular weight excluding hydrogens is 486 g/mol. The maximum absolute atomic E-state index is 14.0. The van der Waals surface area contributed by atoms with Crippen LogP contribution in [0.5, 0.6) is 0 Å². The average Bonchev–Trinajstić information content (AvgIpc) is 3.29. The van der Waals surface area contributed by atoms with Crippen molar-refractivity contribution in [3.05, 3.63) is 0 Å². The molecule has 5 N–H and O–H groups in total. The van der Waals surface area contributed by atoms with Gasteiger partial charge in [0.15, 0.2) is 0 Å². The van der Waals surface area contributed by atoms with Crippen molar-refractivity contribution in [2.75, 3.05) is 6.54 Å². The van der Waals surface area contributed by atoms with Gasteiger partial charge in [0, 0.05) is 12.1 Å². The zero-order valence-electron chi connectivity index (χ0n) is 24.1. The fraction of sp³-hybridized carbons (Fsp3) is 0.821. The molecule has 0 aromatic heterocycles. The molecule has 0 aromatic carbocycles. The van der Waals surface area contributed by atoms with Crippen LogP contribution in [0.2, 0.25) is 0 Å². The van der Waals surface area contributed by atoms with E-state index in [4.69, 9.17) is 5.73 Å². The molecule has 1 spiro atoms. The number of hydrogen-bond donors (Lipinski definition) is 4. The molecule has 0 aromatic rings. The summed E-state index contributed by atoms with van der Waals surface area (Å²) in [6.07, 6.45) is 5.71. The number of ketones is 1. The summed E-state index contributed by atoms with van der Waals surface area (Å²) < 4.78 is 0. The zero-order chi connectivity index (χ0) is 28.6. The Morgan fingerprint density at radius 3 is 2.08 bits per heavy atom. The first-order valence-electron chi connectivity index (χ1n) is 14.0. The standard InChI is InChI=1S/C28H47N5O5/c1-8-17-13-28(17)14-19(23(36)30-18(20(34)22(29)35)12-16-10-9-11-16)33(15-28)24(37)21(26(2,3)4)31-25(38)32-27(5,6)7/h16-19,21H,8-15H2,1-7H3,(H2,29,35)(H,30,36)(H2,31,32,38)/t17-,18?,19-,21+,28?/m0/s1. The minimum Gasteiger partial charge on any atom is -0.363 e. The zero-order valence-corrected chi connectivity index (χ0v) is 24.1. The van der Waals surface area contributed by atoms with Crippen LogP contribution >= 0.6 is 0 Å². The van der Waals surface area contributed by atoms with Crippen LogP contribution in [0.3, 0.4) is 0 Å². The number of rotatable bonds is 9. The van der Waals surface area contributed by atoms with E-state index in [1.807, 2.05) is 41.5 Å². The molecule has 3 fully saturated rings. The van der Waals surface area contributed by atoms with Crippen LogP contribution in [0.1, 0.15) is 93.4 Å². The Labute approximate surface area is 226 Å². The molecule has 10 nitrogen and oxygen atoms in total. The van der Waals surface area contributed by atoms with Crippen molar-refractivity contribution in [1.82, 2.24) is 20.9 Å². The first kappa shape index (κ1) is 29.9. The van der Waals surface area contributed by atoms with E-state index in [-0.39, 0.29) is 17.2 Å². The van der Waals surface area contributed by atoms with Crippen molar-refractivity contribution in [3.63, 3.8) is 0 Å². The highest BCUT2D eigenvalue weighted by molar-refractivity contribution is 6.37. The first-order valence-corrected chi connectivity index (χ1v) is 14.0. The number of amides is 5. The van der Waals surface area contributed by atoms with Gasteiger partial charge in [0.1, 0.15) is 12.1 Å². The van der Waals surface area contributed by atoms with E-state index in [0.717, 1.165) is 32.1 Å². The van der Waals surface area contributed by atoms with Gasteiger partial charge in [-0.3, -0.25) is 19.2 Å². The van der Waals surface area contributed by atoms with E-state index in [1.54, 1.807) is 4.90 Å². The molecule has 3 rings (SSSR count). The number of primary amides is 1. The number of Topliss-reactive ketones (excluding diaryl/α,β-unsaturated/α-hetero) is 1. The summed E-state index contributed by atoms with van der Waals surface area (Å²) in [5.41, 5.74) is 4.05. The summed E-state index contributed by atoms with van der Waals surface area (Å²) in [6.45, 7) is 13.7. The molecule has 1 heterocycles. The van der Waals surface area contributed by atoms with Gasteiger partial charge in [-0.25, -0.2) is 4.79 Å². The second-order valence-corrected chi connectivity index (χ2v) is 13.8. The molecule has 2 saturated carbocycles. The number of hydrogen-bond acceptors (Lipinski definition) is 5. The number of nitrogens with zero attached hydrogens (tertiary/aromatic N) is 1. The Balaban J connectivity index is 1.84. The molecule has 1 saturated heterocycles. The molecule has 214 valence electrons. The monoisotopic (exact) mass is 533 g/mol. The summed E-state index contributed by atoms with van der Waals surface area (Å²) in [6, 6.07) is -3.10. The summed E-state index contributed by atoms with van der Waals surface area (Å²) in [5.74, 6) is -1.96. The number of urea groups is 1. The van der Waals surface area contributed by atoms with E-state index < -0.39 is 52.7 Å². The smallest absolute Gasteiger partial charge is 0.315 e. The third-order valence-corrected chi connectivity index (χ3v) is 8.45. The Morgan fingerprint density at radius 2 is 1.63 bits per heavy atom. The Bertz CT molecular complexity index is 964. The van der Waals surface area contributed by atoms with Gasteiger partial charge in [-0.1, -0.05) is 53.4 Å². The molecule has 1 aliphatic heterocycles. The van der Waals surface area contributed by atoms with Crippen LogP contribution in [-0.2, 0) is 19.2 Å². The Hall–Kier alpha value is -2.65. The average molecular weight is 534 g/mol. The molecule has 2 aliphatic carbocycles. The van der Waals surface area contributed by atoms with Gasteiger partial charge in [0.25, 0.3) is 5.91 Å². The van der Waals surface area contributed by atoms with Crippen LogP contribution in [0, 0.1) is 22.7 Å². The lowest BCUT2D eigenvalue weighted by Gasteiger charge is -2.36. The number of nitrogens with two attached hydrogens (primary N) is 1. The highest BCUT2D eigenvalue weighted by atomic mass is 16.2. The first-order chi connectivity index (χ1) is 17.5. The van der Waals surface area contributed by atoms with Gasteiger partial charge in [-0.05, 0) is 62.7 Å². The van der Waals surface area contributed by atoms with E-state index in [1.165, 1.54) is 0 Å². The van der Waals surface area contributed by atoms with Gasteiger partial charge in [-0.15, -0.1) is 0 Å². The summed E-state index contributed by atoms with van der Waals surface area (Å²) >= 11 is 0. The lowest BCUT2D eigenvalue weighted by atomic mass is 9.80. The molecule has 5 atom stereocenters. The number of likely N-dealkylation sites (tertiary alicyclic amines) is 1. The normalized spacial score (nSPS) is 26.8. The number of nitrogens with one attached hydrogen (secondary N) is 3. The predicted octanol–water partition coefficient (Wildman–Crippen LogP) is 2.25. The summed E-state index contributed by atoms with van der Waals surface area (Å²) in [7, 11) is 0. The van der Waals surface area contributed by atoms with Gasteiger partial charge < -0.3 is 26.6 Å². The van der Waals surface area contributed by atoms with Crippen LogP contribution < -0.4 is 21.7 Å². The minimum absolute atomic E-state index is 0.139. The van der Waals surface area contributed by atoms with Crippen molar-refractivity contribution in [2.24, 2.45) is 28.4 Å². The number of carbonyl (C=O) groups is 5. The minimum atomic E-state index is -1.07. The van der Waals surface area contributed by atoms with E-state index in [2.05, 4.69) is 22.9 Å². The lowest BCUT2D eigenvalue weighted by Crippen LogP contribution is -2.61. The van der Waals surface area contributed by atoms with Gasteiger partial charge in [-0.2, -0.15) is 0 Å². The summed E-state index contributed by atoms with van der Waals surface area (Å²) in [5, 5.41) is 8.48. The maximum Gasteiger partial charge on any atom is 0.315 e. The fourth-order valence-electron chi connectivity index (χ4n) is 5.98. The Morgan fingerprint density at radius 1 is 1.00 bits per heavy atom. The highest BCUT2D eigenvalue weighted by Crippen LogP contribution is 2.61. The van der Waals surface area contributed by atoms with Crippen molar-refractivity contribution >= 4 is 29.5 Å². The van der Waals surface area contributed by atoms with Gasteiger partial charge in [0.2, 0.25) is 17.6 Å². The van der Waals surface area contributed by atoms with Crippen molar-refractivity contribution in [2.45, 2.75) is 117 Å². The molecule has 5 amide bonds. The lowest BCUT2D eigenvalue weighted by molar-refractivity contribution is -0.143. The van der Waals surface area contributed by atoms with Crippen LogP contribution in [0.15, 0.2) is 0 Å². The molecule has 2 unspecified atom stereocenters. The van der Waals surface area contributed by atoms with Gasteiger partial charge >= 0.3 is 6.03 Å². The second kappa shape index (κ2) is 10.8. The van der Waals surface area contributed by atoms with E-state index >= 15 is 0 Å². The van der Waals surface area contributed by atoms with Crippen LogP contribution in [-0.4, -0.2) is 64.6 Å². The Kier molecular flexibility index (Phi) is 8.53. The molecule has 10 heteroatoms. The molecule has 38 heavy (non-hydrogen) atoms.